The molecule has 7 nitrogen and oxygen atoms in total. The number of fused-ring (bicyclic) bond motifs is 2. The molecule has 1 N–H and O–H groups in total. The van der Waals surface area contributed by atoms with Gasteiger partial charge in [0.25, 0.3) is 11.2 Å². The maximum Gasteiger partial charge on any atom is 0.274 e. The molecule has 0 radical (unpaired) electrons. The van der Waals surface area contributed by atoms with Crippen molar-refractivity contribution < 1.29 is 4.92 Å². The van der Waals surface area contributed by atoms with Crippen molar-refractivity contribution in [2.24, 2.45) is 0 Å². The first-order chi connectivity index (χ1) is 17.4. The van der Waals surface area contributed by atoms with Crippen molar-refractivity contribution in [3.05, 3.63) is 120 Å². The number of hydrogen-bond acceptors (Lipinski definition) is 4. The molecule has 5 aromatic rings. The zero-order chi connectivity index (χ0) is 25.0. The standard InChI is InChI=1S/C27H16Cl2N4O3/c28-19-7-1-15(2-8-19)13-18-14-22-24(18)30-26-23(16-5-11-21(12-6-16)33(35)36)27(34)31-32(26)25(22)17-3-9-20(29)10-4-17/h1-13H,14H2,(H,31,34)/b18-13+. The minimum atomic E-state index is -0.473. The summed E-state index contributed by atoms with van der Waals surface area (Å²) in [6.07, 6.45) is 2.73. The van der Waals surface area contributed by atoms with Gasteiger partial charge in [0.15, 0.2) is 5.65 Å². The quantitative estimate of drug-likeness (QED) is 0.214. The summed E-state index contributed by atoms with van der Waals surface area (Å²) in [5, 5.41) is 15.3. The van der Waals surface area contributed by atoms with Gasteiger partial charge in [-0.2, -0.15) is 0 Å². The number of benzene rings is 3. The fraction of sp³-hybridized carbons (Fsp3) is 0.0370. The van der Waals surface area contributed by atoms with Gasteiger partial charge in [-0.25, -0.2) is 9.50 Å². The van der Waals surface area contributed by atoms with Gasteiger partial charge in [0.1, 0.15) is 0 Å². The number of non-ortho nitro benzene ring substituents is 1. The number of nitrogens with zero attached hydrogens (tertiary/aromatic N) is 3. The van der Waals surface area contributed by atoms with Crippen LogP contribution in [0.15, 0.2) is 77.6 Å². The van der Waals surface area contributed by atoms with Gasteiger partial charge < -0.3 is 0 Å². The third-order valence-electron chi connectivity index (χ3n) is 6.26. The number of aromatic nitrogens is 3. The molecule has 0 aliphatic heterocycles. The van der Waals surface area contributed by atoms with E-state index >= 15 is 0 Å². The second-order valence-corrected chi connectivity index (χ2v) is 9.34. The Hall–Kier alpha value is -4.20. The van der Waals surface area contributed by atoms with E-state index in [0.29, 0.717) is 33.2 Å². The number of nitro benzene ring substituents is 1. The number of rotatable bonds is 4. The third-order valence-corrected chi connectivity index (χ3v) is 6.76. The fourth-order valence-electron chi connectivity index (χ4n) is 4.51. The van der Waals surface area contributed by atoms with Gasteiger partial charge in [-0.15, -0.1) is 0 Å². The molecule has 6 rings (SSSR count). The molecule has 1 aliphatic carbocycles. The summed E-state index contributed by atoms with van der Waals surface area (Å²) in [4.78, 5) is 28.7. The summed E-state index contributed by atoms with van der Waals surface area (Å²) < 4.78 is 1.69. The SMILES string of the molecule is O=c1[nH]n2c(-c3ccc(Cl)cc3)c3c(nc2c1-c1ccc([N+](=O)[O-])cc1)/C(=C/c1ccc(Cl)cc1)C3. The van der Waals surface area contributed by atoms with E-state index in [4.69, 9.17) is 28.2 Å². The predicted octanol–water partition coefficient (Wildman–Crippen LogP) is 6.67. The average Bonchev–Trinajstić information content (AvgIpc) is 3.19. The minimum Gasteiger partial charge on any atom is -0.267 e. The number of aromatic amines is 1. The van der Waals surface area contributed by atoms with Crippen LogP contribution in [-0.4, -0.2) is 19.5 Å². The average molecular weight is 515 g/mol. The van der Waals surface area contributed by atoms with Crippen LogP contribution in [0.4, 0.5) is 5.69 Å². The first-order valence-electron chi connectivity index (χ1n) is 11.0. The lowest BCUT2D eigenvalue weighted by Crippen LogP contribution is -2.16. The maximum atomic E-state index is 13.1. The van der Waals surface area contributed by atoms with E-state index in [0.717, 1.165) is 33.7 Å². The molecular weight excluding hydrogens is 499 g/mol. The van der Waals surface area contributed by atoms with Gasteiger partial charge in [0.2, 0.25) is 0 Å². The van der Waals surface area contributed by atoms with Crippen molar-refractivity contribution in [2.45, 2.75) is 6.42 Å². The molecule has 0 amide bonds. The van der Waals surface area contributed by atoms with Crippen molar-refractivity contribution in [1.82, 2.24) is 14.6 Å². The lowest BCUT2D eigenvalue weighted by molar-refractivity contribution is -0.384. The number of hydrogen-bond donors (Lipinski definition) is 1. The van der Waals surface area contributed by atoms with Crippen LogP contribution in [0.2, 0.25) is 10.0 Å². The largest absolute Gasteiger partial charge is 0.274 e. The Morgan fingerprint density at radius 3 is 2.17 bits per heavy atom. The van der Waals surface area contributed by atoms with Crippen LogP contribution in [0.1, 0.15) is 16.8 Å². The molecule has 2 aromatic heterocycles. The van der Waals surface area contributed by atoms with Crippen molar-refractivity contribution in [3.63, 3.8) is 0 Å². The van der Waals surface area contributed by atoms with Gasteiger partial charge in [0.05, 0.1) is 21.9 Å². The fourth-order valence-corrected chi connectivity index (χ4v) is 4.77. The molecule has 0 saturated heterocycles. The van der Waals surface area contributed by atoms with E-state index in [-0.39, 0.29) is 11.2 Å². The monoisotopic (exact) mass is 514 g/mol. The van der Waals surface area contributed by atoms with Crippen molar-refractivity contribution >= 4 is 46.2 Å². The number of H-pyrrole nitrogens is 1. The molecule has 3 aromatic carbocycles. The van der Waals surface area contributed by atoms with E-state index < -0.39 is 4.92 Å². The van der Waals surface area contributed by atoms with Crippen molar-refractivity contribution in [3.8, 4) is 22.4 Å². The van der Waals surface area contributed by atoms with E-state index in [9.17, 15) is 14.9 Å². The zero-order valence-electron chi connectivity index (χ0n) is 18.5. The van der Waals surface area contributed by atoms with Crippen molar-refractivity contribution in [2.75, 3.05) is 0 Å². The topological polar surface area (TPSA) is 93.3 Å². The van der Waals surface area contributed by atoms with Gasteiger partial charge in [-0.3, -0.25) is 20.0 Å². The Bertz CT molecular complexity index is 1750. The van der Waals surface area contributed by atoms with Gasteiger partial charge >= 0.3 is 0 Å². The number of allylic oxidation sites excluding steroid dienone is 1. The van der Waals surface area contributed by atoms with E-state index in [1.54, 1.807) is 28.8 Å². The lowest BCUT2D eigenvalue weighted by Gasteiger charge is -2.26. The van der Waals surface area contributed by atoms with Crippen LogP contribution in [0.25, 0.3) is 39.7 Å². The molecule has 36 heavy (non-hydrogen) atoms. The number of nitrogens with one attached hydrogen (secondary N) is 1. The minimum absolute atomic E-state index is 0.0502. The summed E-state index contributed by atoms with van der Waals surface area (Å²) in [7, 11) is 0. The summed E-state index contributed by atoms with van der Waals surface area (Å²) >= 11 is 12.2. The molecule has 176 valence electrons. The second-order valence-electron chi connectivity index (χ2n) is 8.47. The zero-order valence-corrected chi connectivity index (χ0v) is 20.0. The van der Waals surface area contributed by atoms with Gasteiger partial charge in [-0.1, -0.05) is 47.5 Å². The van der Waals surface area contributed by atoms with E-state index in [2.05, 4.69) is 11.2 Å². The third kappa shape index (κ3) is 3.69. The first kappa shape index (κ1) is 22.3. The van der Waals surface area contributed by atoms with Gasteiger partial charge in [0, 0.05) is 39.7 Å². The highest BCUT2D eigenvalue weighted by atomic mass is 35.5. The highest BCUT2D eigenvalue weighted by Gasteiger charge is 2.30. The summed E-state index contributed by atoms with van der Waals surface area (Å²) in [6, 6.07) is 20.9. The van der Waals surface area contributed by atoms with Crippen LogP contribution in [0.3, 0.4) is 0 Å². The molecule has 0 saturated carbocycles. The van der Waals surface area contributed by atoms with Crippen LogP contribution in [-0.2, 0) is 6.42 Å². The van der Waals surface area contributed by atoms with Gasteiger partial charge in [-0.05, 0) is 59.2 Å². The molecule has 0 fully saturated rings. The van der Waals surface area contributed by atoms with Crippen LogP contribution >= 0.6 is 23.2 Å². The number of nitro groups is 1. The Morgan fingerprint density at radius 1 is 0.917 bits per heavy atom. The normalized spacial score (nSPS) is 13.6. The Kier molecular flexibility index (Phi) is 5.25. The number of halogens is 2. The molecule has 0 bridgehead atoms. The van der Waals surface area contributed by atoms with Crippen LogP contribution in [0, 0.1) is 10.1 Å². The predicted molar refractivity (Wildman–Crippen MR) is 141 cm³/mol. The summed E-state index contributed by atoms with van der Waals surface area (Å²) in [5.74, 6) is 0. The van der Waals surface area contributed by atoms with E-state index in [1.807, 2.05) is 36.4 Å². The summed E-state index contributed by atoms with van der Waals surface area (Å²) in [6.45, 7) is 0. The molecule has 0 spiro atoms. The lowest BCUT2D eigenvalue weighted by atomic mass is 9.83. The van der Waals surface area contributed by atoms with E-state index in [1.165, 1.54) is 12.1 Å². The van der Waals surface area contributed by atoms with Crippen LogP contribution < -0.4 is 5.56 Å². The van der Waals surface area contributed by atoms with Crippen molar-refractivity contribution in [1.29, 1.82) is 0 Å². The molecule has 0 unspecified atom stereocenters. The highest BCUT2D eigenvalue weighted by Crippen LogP contribution is 2.42. The molecule has 9 heteroatoms. The Morgan fingerprint density at radius 2 is 1.53 bits per heavy atom. The smallest absolute Gasteiger partial charge is 0.267 e. The second kappa shape index (κ2) is 8.48. The Balaban J connectivity index is 1.59. The maximum absolute atomic E-state index is 13.1. The molecule has 0 atom stereocenters. The summed E-state index contributed by atoms with van der Waals surface area (Å²) in [5.41, 5.74) is 6.50. The highest BCUT2D eigenvalue weighted by molar-refractivity contribution is 6.30. The first-order valence-corrected chi connectivity index (χ1v) is 11.8. The molecular formula is C27H16Cl2N4O3. The van der Waals surface area contributed by atoms with Crippen LogP contribution in [0.5, 0.6) is 0 Å². The molecule has 1 aliphatic rings. The molecule has 2 heterocycles. The Labute approximate surface area is 214 Å².